The predicted molar refractivity (Wildman–Crippen MR) is 95.7 cm³/mol. The van der Waals surface area contributed by atoms with Gasteiger partial charge in [0.2, 0.25) is 5.91 Å². The molecule has 148 valence electrons. The van der Waals surface area contributed by atoms with E-state index in [0.29, 0.717) is 35.2 Å². The Morgan fingerprint density at radius 1 is 1.37 bits per heavy atom. The summed E-state index contributed by atoms with van der Waals surface area (Å²) >= 11 is 0. The number of benzene rings is 1. The summed E-state index contributed by atoms with van der Waals surface area (Å²) in [5.74, 6) is -2.00. The lowest BCUT2D eigenvalue weighted by Crippen LogP contribution is -2.37. The Kier molecular flexibility index (Phi) is 5.02. The summed E-state index contributed by atoms with van der Waals surface area (Å²) in [7, 11) is -4.26. The number of phenols is 1. The fraction of sp³-hybridized carbons (Fsp3) is 0.529. The van der Waals surface area contributed by atoms with Crippen LogP contribution in [0.3, 0.4) is 0 Å². The summed E-state index contributed by atoms with van der Waals surface area (Å²) < 4.78 is 41.4. The Morgan fingerprint density at radius 2 is 2.07 bits per heavy atom. The van der Waals surface area contributed by atoms with Crippen LogP contribution in [0.1, 0.15) is 37.8 Å². The van der Waals surface area contributed by atoms with Gasteiger partial charge in [0.05, 0.1) is 0 Å². The molecule has 2 heterocycles. The zero-order valence-electron chi connectivity index (χ0n) is 15.2. The van der Waals surface area contributed by atoms with E-state index in [2.05, 4.69) is 0 Å². The summed E-state index contributed by atoms with van der Waals surface area (Å²) in [6.07, 6.45) is 1.45. The monoisotopic (exact) mass is 399 g/mol. The second-order valence-electron chi connectivity index (χ2n) is 7.23. The lowest BCUT2D eigenvalue weighted by molar-refractivity contribution is -0.132. The average Bonchev–Trinajstić information content (AvgIpc) is 2.84. The van der Waals surface area contributed by atoms with Crippen LogP contribution in [0, 0.1) is 11.7 Å². The number of fused-ring (bicyclic) bond motifs is 1. The van der Waals surface area contributed by atoms with Crippen molar-refractivity contribution >= 4 is 27.7 Å². The van der Waals surface area contributed by atoms with E-state index in [1.54, 1.807) is 4.72 Å². The van der Waals surface area contributed by atoms with Crippen molar-refractivity contribution in [2.24, 2.45) is 5.92 Å². The van der Waals surface area contributed by atoms with Crippen LogP contribution in [0.2, 0.25) is 0 Å². The summed E-state index contributed by atoms with van der Waals surface area (Å²) in [4.78, 5) is 25.3. The molecule has 1 aromatic carbocycles. The van der Waals surface area contributed by atoms with Crippen LogP contribution in [-0.4, -0.2) is 43.3 Å². The average molecular weight is 399 g/mol. The number of hydrogen-bond acceptors (Lipinski definition) is 5. The quantitative estimate of drug-likeness (QED) is 0.787. The van der Waals surface area contributed by atoms with Crippen molar-refractivity contribution in [2.75, 3.05) is 17.4 Å². The number of nitrogens with zero attached hydrogens (tertiary/aromatic N) is 2. The second-order valence-corrected chi connectivity index (χ2v) is 8.83. The highest BCUT2D eigenvalue weighted by Crippen LogP contribution is 2.39. The molecular weight excluding hydrogens is 377 g/mol. The summed E-state index contributed by atoms with van der Waals surface area (Å²) in [5.41, 5.74) is 0.127. The topological polar surface area (TPSA) is 107 Å². The van der Waals surface area contributed by atoms with E-state index in [4.69, 9.17) is 0 Å². The largest absolute Gasteiger partial charge is 0.506 e. The van der Waals surface area contributed by atoms with Gasteiger partial charge in [0.25, 0.3) is 5.91 Å². The van der Waals surface area contributed by atoms with Gasteiger partial charge < -0.3 is 10.0 Å². The van der Waals surface area contributed by atoms with Crippen molar-refractivity contribution in [2.45, 2.75) is 39.7 Å². The number of anilines is 1. The number of hydrogen-bond donors (Lipinski definition) is 2. The lowest BCUT2D eigenvalue weighted by Gasteiger charge is -2.31. The molecular formula is C17H22FN3O5S. The van der Waals surface area contributed by atoms with E-state index in [-0.39, 0.29) is 18.0 Å². The maximum atomic E-state index is 15.1. The highest BCUT2D eigenvalue weighted by molar-refractivity contribution is 7.92. The third-order valence-corrected chi connectivity index (χ3v) is 6.15. The Balaban J connectivity index is 1.93. The molecule has 1 fully saturated rings. The van der Waals surface area contributed by atoms with E-state index in [9.17, 15) is 23.1 Å². The van der Waals surface area contributed by atoms with E-state index in [1.807, 2.05) is 13.8 Å². The van der Waals surface area contributed by atoms with E-state index in [0.717, 1.165) is 6.42 Å². The van der Waals surface area contributed by atoms with Crippen LogP contribution in [0.15, 0.2) is 6.07 Å². The van der Waals surface area contributed by atoms with Crippen LogP contribution in [-0.2, 0) is 32.8 Å². The van der Waals surface area contributed by atoms with Crippen molar-refractivity contribution in [1.82, 2.24) is 9.62 Å². The molecule has 1 saturated heterocycles. The molecule has 8 nitrogen and oxygen atoms in total. The lowest BCUT2D eigenvalue weighted by atomic mass is 9.96. The molecule has 0 aromatic heterocycles. The number of rotatable bonds is 4. The molecule has 0 radical (unpaired) electrons. The number of phenolic OH excluding ortho intramolecular Hbond substituents is 1. The first kappa shape index (κ1) is 19.4. The van der Waals surface area contributed by atoms with Crippen LogP contribution >= 0.6 is 0 Å². The zero-order valence-corrected chi connectivity index (χ0v) is 16.0. The van der Waals surface area contributed by atoms with Gasteiger partial charge in [0.1, 0.15) is 18.0 Å². The van der Waals surface area contributed by atoms with Gasteiger partial charge in [-0.25, -0.2) is 13.4 Å². The minimum Gasteiger partial charge on any atom is -0.506 e. The maximum Gasteiger partial charge on any atom is 0.326 e. The summed E-state index contributed by atoms with van der Waals surface area (Å²) in [5, 5.41) is 10.2. The number of carbonyl (C=O) groups is 2. The first-order valence-electron chi connectivity index (χ1n) is 8.74. The molecule has 10 heteroatoms. The third kappa shape index (κ3) is 3.71. The first-order chi connectivity index (χ1) is 12.6. The van der Waals surface area contributed by atoms with Crippen LogP contribution in [0.25, 0.3) is 0 Å². The summed E-state index contributed by atoms with van der Waals surface area (Å²) in [6, 6.07) is 1.31. The molecule has 2 N–H and O–H groups in total. The van der Waals surface area contributed by atoms with Gasteiger partial charge in [-0.3, -0.25) is 9.59 Å². The number of nitrogens with one attached hydrogen (secondary N) is 1. The Bertz CT molecular complexity index is 900. The second kappa shape index (κ2) is 6.99. The van der Waals surface area contributed by atoms with Crippen LogP contribution < -0.4 is 9.03 Å². The van der Waals surface area contributed by atoms with Crippen molar-refractivity contribution in [3.05, 3.63) is 23.0 Å². The van der Waals surface area contributed by atoms with Gasteiger partial charge in [-0.15, -0.1) is 0 Å². The molecule has 0 unspecified atom stereocenters. The minimum absolute atomic E-state index is 0.000633. The molecule has 0 spiro atoms. The Labute approximate surface area is 157 Å². The normalized spacial score (nSPS) is 18.6. The van der Waals surface area contributed by atoms with Gasteiger partial charge in [0.15, 0.2) is 5.82 Å². The van der Waals surface area contributed by atoms with Crippen LogP contribution in [0.5, 0.6) is 5.75 Å². The van der Waals surface area contributed by atoms with E-state index >= 15 is 4.39 Å². The molecule has 0 bridgehead atoms. The zero-order chi connectivity index (χ0) is 19.9. The number of carbonyl (C=O) groups excluding carboxylic acids is 2. The van der Waals surface area contributed by atoms with Crippen molar-refractivity contribution in [3.63, 3.8) is 0 Å². The van der Waals surface area contributed by atoms with Crippen molar-refractivity contribution < 1.29 is 27.5 Å². The molecule has 2 aliphatic heterocycles. The summed E-state index contributed by atoms with van der Waals surface area (Å²) in [6.45, 7) is 3.83. The SMILES string of the molecule is CC(C)CCC(=O)N1CCc2cc(O)c(N3CC(=O)NS3(=O)=O)c(F)c2C1. The minimum atomic E-state index is -4.26. The Morgan fingerprint density at radius 3 is 2.67 bits per heavy atom. The predicted octanol–water partition coefficient (Wildman–Crippen LogP) is 1.03. The fourth-order valence-electron chi connectivity index (χ4n) is 3.30. The van der Waals surface area contributed by atoms with Gasteiger partial charge >= 0.3 is 10.2 Å². The van der Waals surface area contributed by atoms with Crippen molar-refractivity contribution in [3.8, 4) is 5.75 Å². The molecule has 2 amide bonds. The highest BCUT2D eigenvalue weighted by Gasteiger charge is 2.39. The molecule has 1 aromatic rings. The molecule has 0 atom stereocenters. The van der Waals surface area contributed by atoms with E-state index < -0.39 is 39.9 Å². The standard InChI is InChI=1S/C17H22FN3O5S/c1-10(2)3-4-15(24)20-6-5-11-7-13(22)17(16(18)12(11)8-20)21-9-14(23)19-27(21,25)26/h7,10,22H,3-6,8-9H2,1-2H3,(H,19,23). The fourth-order valence-corrected chi connectivity index (χ4v) is 4.47. The number of aromatic hydroxyl groups is 1. The smallest absolute Gasteiger partial charge is 0.326 e. The number of halogens is 1. The molecule has 2 aliphatic rings. The van der Waals surface area contributed by atoms with Crippen LogP contribution in [0.4, 0.5) is 10.1 Å². The third-order valence-electron chi connectivity index (χ3n) is 4.77. The highest BCUT2D eigenvalue weighted by atomic mass is 32.2. The van der Waals surface area contributed by atoms with Gasteiger partial charge in [-0.05, 0) is 30.4 Å². The molecule has 0 saturated carbocycles. The first-order valence-corrected chi connectivity index (χ1v) is 10.2. The Hall–Kier alpha value is -2.36. The van der Waals surface area contributed by atoms with Crippen molar-refractivity contribution in [1.29, 1.82) is 0 Å². The molecule has 0 aliphatic carbocycles. The van der Waals surface area contributed by atoms with Gasteiger partial charge in [-0.2, -0.15) is 8.42 Å². The van der Waals surface area contributed by atoms with E-state index in [1.165, 1.54) is 11.0 Å². The molecule has 3 rings (SSSR count). The number of amides is 2. The molecule has 27 heavy (non-hydrogen) atoms. The van der Waals surface area contributed by atoms with Gasteiger partial charge in [0, 0.05) is 25.1 Å². The maximum absolute atomic E-state index is 15.1. The van der Waals surface area contributed by atoms with Gasteiger partial charge in [-0.1, -0.05) is 13.8 Å².